The molecule has 0 unspecified atom stereocenters. The van der Waals surface area contributed by atoms with E-state index < -0.39 is 5.41 Å². The van der Waals surface area contributed by atoms with Gasteiger partial charge in [0.2, 0.25) is 0 Å². The molecule has 0 amide bonds. The molecule has 0 bridgehead atoms. The quantitative estimate of drug-likeness (QED) is 0.160. The summed E-state index contributed by atoms with van der Waals surface area (Å²) in [6.45, 7) is 0. The highest BCUT2D eigenvalue weighted by atomic mass is 16.3. The third kappa shape index (κ3) is 5.58. The molecule has 0 fully saturated rings. The third-order valence-electron chi connectivity index (χ3n) is 16.3. The van der Waals surface area contributed by atoms with Gasteiger partial charge in [0, 0.05) is 33.3 Å². The number of nitrogens with zero attached hydrogens (tertiary/aromatic N) is 1. The predicted molar refractivity (Wildman–Crippen MR) is 306 cm³/mol. The van der Waals surface area contributed by atoms with E-state index in [1.807, 2.05) is 0 Å². The molecule has 2 heteroatoms. The Bertz CT molecular complexity index is 4550. The van der Waals surface area contributed by atoms with Crippen molar-refractivity contribution in [2.45, 2.75) is 5.41 Å². The van der Waals surface area contributed by atoms with Gasteiger partial charge in [-0.05, 0) is 141 Å². The second-order valence-electron chi connectivity index (χ2n) is 19.8. The Morgan fingerprint density at radius 3 is 1.44 bits per heavy atom. The molecule has 2 aliphatic carbocycles. The molecule has 14 aromatic rings. The van der Waals surface area contributed by atoms with E-state index >= 15 is 0 Å². The summed E-state index contributed by atoms with van der Waals surface area (Å²) in [5.74, 6) is 0. The summed E-state index contributed by atoms with van der Waals surface area (Å²) >= 11 is 0. The van der Waals surface area contributed by atoms with E-state index in [0.29, 0.717) is 0 Å². The summed E-state index contributed by atoms with van der Waals surface area (Å²) in [5.41, 5.74) is 19.2. The van der Waals surface area contributed by atoms with Crippen LogP contribution >= 0.6 is 0 Å². The minimum Gasteiger partial charge on any atom is -0.455 e. The molecule has 0 radical (unpaired) electrons. The maximum atomic E-state index is 6.99. The zero-order valence-electron chi connectivity index (χ0n) is 39.7. The Hall–Kier alpha value is -9.50. The molecular weight excluding hydrogens is 883 g/mol. The van der Waals surface area contributed by atoms with E-state index in [1.54, 1.807) is 0 Å². The van der Waals surface area contributed by atoms with Gasteiger partial charge in [0.15, 0.2) is 0 Å². The molecule has 338 valence electrons. The monoisotopic (exact) mass is 925 g/mol. The molecule has 2 nitrogen and oxygen atoms in total. The van der Waals surface area contributed by atoms with Crippen molar-refractivity contribution in [1.82, 2.24) is 0 Å². The Morgan fingerprint density at radius 2 is 0.753 bits per heavy atom. The lowest BCUT2D eigenvalue weighted by atomic mass is 9.70. The van der Waals surface area contributed by atoms with Crippen molar-refractivity contribution in [3.05, 3.63) is 283 Å². The van der Waals surface area contributed by atoms with Gasteiger partial charge in [-0.25, -0.2) is 0 Å². The summed E-state index contributed by atoms with van der Waals surface area (Å²) in [7, 11) is 0. The molecule has 1 heterocycles. The zero-order valence-corrected chi connectivity index (χ0v) is 39.7. The van der Waals surface area contributed by atoms with E-state index in [1.165, 1.54) is 98.7 Å². The first kappa shape index (κ1) is 40.3. The molecule has 0 atom stereocenters. The van der Waals surface area contributed by atoms with Gasteiger partial charge in [-0.3, -0.25) is 0 Å². The molecule has 0 N–H and O–H groups in total. The van der Waals surface area contributed by atoms with Crippen LogP contribution in [0.15, 0.2) is 265 Å². The summed E-state index contributed by atoms with van der Waals surface area (Å²) in [5, 5.41) is 12.1. The fourth-order valence-corrected chi connectivity index (χ4v) is 13.2. The van der Waals surface area contributed by atoms with Crippen LogP contribution in [0.1, 0.15) is 22.3 Å². The minimum atomic E-state index is -0.555. The van der Waals surface area contributed by atoms with Crippen LogP contribution in [0.5, 0.6) is 0 Å². The summed E-state index contributed by atoms with van der Waals surface area (Å²) in [4.78, 5) is 2.52. The van der Waals surface area contributed by atoms with Gasteiger partial charge < -0.3 is 9.32 Å². The standard InChI is InChI=1S/C71H43NO/c1-2-19-48-44(17-1)18-15-28-49(48)45-35-37-46(38-36-45)72(47-39-40-54-52-22-4-3-20-50(52)51-21-5-6-23-53(51)61(54)41-47)68-43-67-62(42-63(68)60-30-16-29-59-58-27-10-14-34-69(58)73-70(59)60)57-26-9-13-33-66(57)71(67)64-31-11-7-24-55(64)56-25-8-12-32-65(56)71/h1-43H. The van der Waals surface area contributed by atoms with Crippen molar-refractivity contribution in [3.63, 3.8) is 0 Å². The van der Waals surface area contributed by atoms with Gasteiger partial charge in [0.05, 0.1) is 11.1 Å². The van der Waals surface area contributed by atoms with Gasteiger partial charge in [-0.15, -0.1) is 0 Å². The third-order valence-corrected chi connectivity index (χ3v) is 16.3. The number of hydrogen-bond donors (Lipinski definition) is 0. The van der Waals surface area contributed by atoms with Crippen molar-refractivity contribution in [2.24, 2.45) is 0 Å². The van der Waals surface area contributed by atoms with Crippen LogP contribution < -0.4 is 4.90 Å². The number of furan rings is 1. The molecular formula is C71H43NO. The van der Waals surface area contributed by atoms with E-state index in [-0.39, 0.29) is 0 Å². The fraction of sp³-hybridized carbons (Fsp3) is 0.0141. The van der Waals surface area contributed by atoms with Crippen molar-refractivity contribution < 1.29 is 4.42 Å². The predicted octanol–water partition coefficient (Wildman–Crippen LogP) is 19.3. The lowest BCUT2D eigenvalue weighted by Gasteiger charge is -2.33. The van der Waals surface area contributed by atoms with Crippen LogP contribution in [0.2, 0.25) is 0 Å². The van der Waals surface area contributed by atoms with Crippen molar-refractivity contribution in [2.75, 3.05) is 4.90 Å². The van der Waals surface area contributed by atoms with Gasteiger partial charge in [-0.1, -0.05) is 218 Å². The first-order valence-electron chi connectivity index (χ1n) is 25.3. The Morgan fingerprint density at radius 1 is 0.274 bits per heavy atom. The average molecular weight is 926 g/mol. The Labute approximate surface area is 422 Å². The van der Waals surface area contributed by atoms with E-state index in [2.05, 4.69) is 266 Å². The first-order chi connectivity index (χ1) is 36.2. The topological polar surface area (TPSA) is 16.4 Å². The number of fused-ring (bicyclic) bond motifs is 20. The number of rotatable bonds is 5. The second kappa shape index (κ2) is 15.3. The molecule has 0 saturated heterocycles. The van der Waals surface area contributed by atoms with Gasteiger partial charge in [0.1, 0.15) is 11.2 Å². The number of anilines is 3. The average Bonchev–Trinajstić information content (AvgIpc) is 4.11. The first-order valence-corrected chi connectivity index (χ1v) is 25.3. The minimum absolute atomic E-state index is 0.555. The number of para-hydroxylation sites is 2. The van der Waals surface area contributed by atoms with Crippen LogP contribution in [0, 0.1) is 0 Å². The molecule has 0 saturated carbocycles. The van der Waals surface area contributed by atoms with Crippen LogP contribution in [-0.2, 0) is 5.41 Å². The molecule has 73 heavy (non-hydrogen) atoms. The van der Waals surface area contributed by atoms with Crippen molar-refractivity contribution in [3.8, 4) is 44.5 Å². The van der Waals surface area contributed by atoms with Crippen LogP contribution in [0.4, 0.5) is 17.1 Å². The maximum Gasteiger partial charge on any atom is 0.143 e. The van der Waals surface area contributed by atoms with Gasteiger partial charge in [0.25, 0.3) is 0 Å². The largest absolute Gasteiger partial charge is 0.455 e. The second-order valence-corrected chi connectivity index (χ2v) is 19.8. The summed E-state index contributed by atoms with van der Waals surface area (Å²) in [6.07, 6.45) is 0. The molecule has 2 aliphatic rings. The summed E-state index contributed by atoms with van der Waals surface area (Å²) in [6, 6.07) is 96.9. The fourth-order valence-electron chi connectivity index (χ4n) is 13.2. The number of benzene rings is 13. The maximum absolute atomic E-state index is 6.99. The lowest BCUT2D eigenvalue weighted by Crippen LogP contribution is -2.26. The smallest absolute Gasteiger partial charge is 0.143 e. The highest BCUT2D eigenvalue weighted by Gasteiger charge is 2.52. The van der Waals surface area contributed by atoms with E-state index in [4.69, 9.17) is 4.42 Å². The Kier molecular flexibility index (Phi) is 8.41. The molecule has 16 rings (SSSR count). The molecule has 1 spiro atoms. The van der Waals surface area contributed by atoms with Crippen LogP contribution in [0.3, 0.4) is 0 Å². The molecule has 1 aromatic heterocycles. The van der Waals surface area contributed by atoms with Gasteiger partial charge in [-0.2, -0.15) is 0 Å². The Balaban J connectivity index is 1.04. The van der Waals surface area contributed by atoms with Crippen molar-refractivity contribution >= 4 is 82.1 Å². The van der Waals surface area contributed by atoms with Crippen LogP contribution in [-0.4, -0.2) is 0 Å². The lowest BCUT2D eigenvalue weighted by molar-refractivity contribution is 0.670. The zero-order chi connectivity index (χ0) is 47.8. The summed E-state index contributed by atoms with van der Waals surface area (Å²) < 4.78 is 6.99. The molecule has 13 aromatic carbocycles. The normalized spacial score (nSPS) is 13.0. The number of hydrogen-bond acceptors (Lipinski definition) is 2. The van der Waals surface area contributed by atoms with Gasteiger partial charge >= 0.3 is 0 Å². The highest BCUT2D eigenvalue weighted by molar-refractivity contribution is 6.26. The van der Waals surface area contributed by atoms with E-state index in [9.17, 15) is 0 Å². The highest BCUT2D eigenvalue weighted by Crippen LogP contribution is 2.64. The SMILES string of the molecule is c1ccc2c(c1)-c1ccccc1C21c2ccccc2-c2cc(-c3cccc4c3oc3ccccc34)c(N(c3ccc(-c4cccc5ccccc45)cc3)c3ccc4c5ccccc5c5ccccc5c4c3)cc21. The van der Waals surface area contributed by atoms with E-state index in [0.717, 1.165) is 50.1 Å². The van der Waals surface area contributed by atoms with Crippen LogP contribution in [0.25, 0.3) is 110 Å². The molecule has 0 aliphatic heterocycles. The van der Waals surface area contributed by atoms with Crippen molar-refractivity contribution in [1.29, 1.82) is 0 Å².